The third-order valence-corrected chi connectivity index (χ3v) is 5.72. The summed E-state index contributed by atoms with van der Waals surface area (Å²) < 4.78 is 14.4. The molecule has 0 radical (unpaired) electrons. The molecule has 0 spiro atoms. The molecule has 0 atom stereocenters. The average molecular weight is 464 g/mol. The second-order valence-electron chi connectivity index (χ2n) is 7.15. The predicted octanol–water partition coefficient (Wildman–Crippen LogP) is 6.36. The first kappa shape index (κ1) is 20.2. The summed E-state index contributed by atoms with van der Waals surface area (Å²) in [6.07, 6.45) is 0. The molecule has 0 amide bonds. The summed E-state index contributed by atoms with van der Waals surface area (Å²) in [5, 5.41) is 1.06. The van der Waals surface area contributed by atoms with E-state index in [9.17, 15) is 4.79 Å². The van der Waals surface area contributed by atoms with Crippen molar-refractivity contribution in [1.29, 1.82) is 0 Å². The molecule has 0 fully saturated rings. The zero-order chi connectivity index (χ0) is 21.3. The maximum atomic E-state index is 11.7. The zero-order valence-electron chi connectivity index (χ0n) is 17.1. The number of rotatable bonds is 5. The molecular formula is C25H22BrNO3. The van der Waals surface area contributed by atoms with Crippen LogP contribution in [0, 0.1) is 6.92 Å². The van der Waals surface area contributed by atoms with Crippen LogP contribution in [0.15, 0.2) is 71.2 Å². The molecule has 3 aromatic carbocycles. The van der Waals surface area contributed by atoms with Crippen LogP contribution < -0.4 is 9.47 Å². The monoisotopic (exact) mass is 463 g/mol. The van der Waals surface area contributed by atoms with Crippen molar-refractivity contribution < 1.29 is 14.3 Å². The van der Waals surface area contributed by atoms with Crippen LogP contribution >= 0.6 is 15.9 Å². The summed E-state index contributed by atoms with van der Waals surface area (Å²) in [7, 11) is 1.67. The van der Waals surface area contributed by atoms with Crippen molar-refractivity contribution in [3.05, 3.63) is 82.5 Å². The summed E-state index contributed by atoms with van der Waals surface area (Å²) in [6, 6.07) is 22.1. The molecule has 0 N–H and O–H groups in total. The lowest BCUT2D eigenvalue weighted by atomic mass is 10.0. The Hall–Kier alpha value is -3.05. The van der Waals surface area contributed by atoms with Crippen LogP contribution in [0.2, 0.25) is 0 Å². The van der Waals surface area contributed by atoms with E-state index in [0.29, 0.717) is 5.75 Å². The number of ether oxygens (including phenoxy) is 2. The first-order chi connectivity index (χ1) is 14.5. The number of carbonyl (C=O) groups is 1. The van der Waals surface area contributed by atoms with Crippen LogP contribution in [0.5, 0.6) is 11.5 Å². The van der Waals surface area contributed by atoms with E-state index in [2.05, 4.69) is 57.8 Å². The highest BCUT2D eigenvalue weighted by Gasteiger charge is 2.20. The van der Waals surface area contributed by atoms with Crippen molar-refractivity contribution in [2.75, 3.05) is 7.11 Å². The maximum absolute atomic E-state index is 11.7. The van der Waals surface area contributed by atoms with Gasteiger partial charge in [0.2, 0.25) is 0 Å². The lowest BCUT2D eigenvalue weighted by Gasteiger charge is -2.11. The number of methoxy groups -OCH3 is 1. The van der Waals surface area contributed by atoms with Gasteiger partial charge in [0, 0.05) is 45.7 Å². The Morgan fingerprint density at radius 2 is 1.77 bits per heavy atom. The molecule has 1 aromatic heterocycles. The van der Waals surface area contributed by atoms with Crippen molar-refractivity contribution in [3.63, 3.8) is 0 Å². The maximum Gasteiger partial charge on any atom is 0.308 e. The molecule has 4 rings (SSSR count). The second kappa shape index (κ2) is 8.36. The normalized spacial score (nSPS) is 10.9. The molecule has 0 aliphatic carbocycles. The topological polar surface area (TPSA) is 40.5 Å². The Morgan fingerprint density at radius 3 is 2.47 bits per heavy atom. The van der Waals surface area contributed by atoms with E-state index in [1.54, 1.807) is 7.11 Å². The summed E-state index contributed by atoms with van der Waals surface area (Å²) in [5.74, 6) is 1.00. The number of esters is 1. The number of halogens is 1. The summed E-state index contributed by atoms with van der Waals surface area (Å²) in [5.41, 5.74) is 5.33. The number of para-hydroxylation sites is 1. The highest BCUT2D eigenvalue weighted by Crippen LogP contribution is 2.41. The van der Waals surface area contributed by atoms with Gasteiger partial charge in [-0.2, -0.15) is 0 Å². The van der Waals surface area contributed by atoms with Gasteiger partial charge in [0.15, 0.2) is 0 Å². The first-order valence-electron chi connectivity index (χ1n) is 9.67. The fraction of sp³-hybridized carbons (Fsp3) is 0.160. The third kappa shape index (κ3) is 3.85. The molecule has 4 aromatic rings. The Balaban J connectivity index is 1.95. The number of fused-ring (bicyclic) bond motifs is 1. The molecule has 0 aliphatic rings. The second-order valence-corrected chi connectivity index (χ2v) is 8.06. The number of nitrogens with zero attached hydrogens (tertiary/aromatic N) is 1. The molecule has 0 saturated heterocycles. The minimum Gasteiger partial charge on any atom is -0.497 e. The fourth-order valence-electron chi connectivity index (χ4n) is 3.82. The van der Waals surface area contributed by atoms with Crippen LogP contribution in [0.25, 0.3) is 22.0 Å². The van der Waals surface area contributed by atoms with Gasteiger partial charge in [-0.1, -0.05) is 46.3 Å². The van der Waals surface area contributed by atoms with Gasteiger partial charge >= 0.3 is 5.97 Å². The SMILES string of the molecule is COc1ccc2c(c1)c(-c1ccccc1OC(C)=O)c(C)n2Cc1ccc(Br)cc1. The van der Waals surface area contributed by atoms with Gasteiger partial charge in [-0.15, -0.1) is 0 Å². The van der Waals surface area contributed by atoms with Gasteiger partial charge in [-0.25, -0.2) is 0 Å². The van der Waals surface area contributed by atoms with Crippen molar-refractivity contribution in [3.8, 4) is 22.6 Å². The van der Waals surface area contributed by atoms with Crippen LogP contribution in [0.4, 0.5) is 0 Å². The molecular weight excluding hydrogens is 442 g/mol. The van der Waals surface area contributed by atoms with Gasteiger partial charge in [0.1, 0.15) is 11.5 Å². The number of hydrogen-bond acceptors (Lipinski definition) is 3. The van der Waals surface area contributed by atoms with E-state index < -0.39 is 0 Å². The Bertz CT molecular complexity index is 1230. The number of carbonyl (C=O) groups excluding carboxylic acids is 1. The van der Waals surface area contributed by atoms with Gasteiger partial charge in [0.25, 0.3) is 0 Å². The van der Waals surface area contributed by atoms with Crippen LogP contribution in [0.3, 0.4) is 0 Å². The molecule has 0 unspecified atom stereocenters. The average Bonchev–Trinajstić information content (AvgIpc) is 3.00. The molecule has 4 nitrogen and oxygen atoms in total. The smallest absolute Gasteiger partial charge is 0.308 e. The fourth-order valence-corrected chi connectivity index (χ4v) is 4.09. The third-order valence-electron chi connectivity index (χ3n) is 5.19. The van der Waals surface area contributed by atoms with Crippen LogP contribution in [-0.4, -0.2) is 17.6 Å². The molecule has 1 heterocycles. The van der Waals surface area contributed by atoms with Crippen molar-refractivity contribution in [2.45, 2.75) is 20.4 Å². The molecule has 0 aliphatic heterocycles. The number of aromatic nitrogens is 1. The standard InChI is InChI=1S/C25H22BrNO3/c1-16-25(21-6-4-5-7-24(21)30-17(2)28)22-14-20(29-3)12-13-23(22)27(16)15-18-8-10-19(26)11-9-18/h4-14H,15H2,1-3H3. The van der Waals surface area contributed by atoms with E-state index >= 15 is 0 Å². The minimum atomic E-state index is -0.337. The number of benzene rings is 3. The predicted molar refractivity (Wildman–Crippen MR) is 123 cm³/mol. The van der Waals surface area contributed by atoms with E-state index in [0.717, 1.165) is 44.5 Å². The van der Waals surface area contributed by atoms with Gasteiger partial charge < -0.3 is 14.0 Å². The molecule has 0 bridgehead atoms. The molecule has 30 heavy (non-hydrogen) atoms. The van der Waals surface area contributed by atoms with Crippen molar-refractivity contribution in [1.82, 2.24) is 4.57 Å². The number of hydrogen-bond donors (Lipinski definition) is 0. The Morgan fingerprint density at radius 1 is 1.03 bits per heavy atom. The van der Waals surface area contributed by atoms with E-state index in [4.69, 9.17) is 9.47 Å². The molecule has 5 heteroatoms. The van der Waals surface area contributed by atoms with E-state index in [-0.39, 0.29) is 5.97 Å². The highest BCUT2D eigenvalue weighted by molar-refractivity contribution is 9.10. The first-order valence-corrected chi connectivity index (χ1v) is 10.5. The highest BCUT2D eigenvalue weighted by atomic mass is 79.9. The van der Waals surface area contributed by atoms with Gasteiger partial charge in [-0.05, 0) is 48.9 Å². The minimum absolute atomic E-state index is 0.337. The molecule has 152 valence electrons. The van der Waals surface area contributed by atoms with Gasteiger partial charge in [-0.3, -0.25) is 4.79 Å². The van der Waals surface area contributed by atoms with E-state index in [1.165, 1.54) is 12.5 Å². The zero-order valence-corrected chi connectivity index (χ0v) is 18.7. The lowest BCUT2D eigenvalue weighted by molar-refractivity contribution is -0.131. The Labute approximate surface area is 184 Å². The van der Waals surface area contributed by atoms with Crippen molar-refractivity contribution >= 4 is 32.8 Å². The van der Waals surface area contributed by atoms with Crippen molar-refractivity contribution in [2.24, 2.45) is 0 Å². The van der Waals surface area contributed by atoms with Gasteiger partial charge in [0.05, 0.1) is 7.11 Å². The van der Waals surface area contributed by atoms with Crippen LogP contribution in [0.1, 0.15) is 18.2 Å². The quantitative estimate of drug-likeness (QED) is 0.255. The Kier molecular flexibility index (Phi) is 5.64. The summed E-state index contributed by atoms with van der Waals surface area (Å²) in [4.78, 5) is 11.7. The van der Waals surface area contributed by atoms with Crippen LogP contribution in [-0.2, 0) is 11.3 Å². The summed E-state index contributed by atoms with van der Waals surface area (Å²) >= 11 is 3.50. The molecule has 0 saturated carbocycles. The summed E-state index contributed by atoms with van der Waals surface area (Å²) in [6.45, 7) is 4.26. The lowest BCUT2D eigenvalue weighted by Crippen LogP contribution is -2.03. The van der Waals surface area contributed by atoms with E-state index in [1.807, 2.05) is 36.4 Å². The largest absolute Gasteiger partial charge is 0.497 e.